The molecule has 39 heavy (non-hydrogen) atoms. The molecule has 3 fully saturated rings. The fraction of sp³-hybridized carbons (Fsp3) is 0.469. The Hall–Kier alpha value is -3.45. The minimum absolute atomic E-state index is 0.349. The van der Waals surface area contributed by atoms with E-state index in [-0.39, 0.29) is 0 Å². The van der Waals surface area contributed by atoms with Crippen molar-refractivity contribution in [1.82, 2.24) is 20.2 Å². The van der Waals surface area contributed by atoms with E-state index < -0.39 is 0 Å². The number of ether oxygens (including phenoxy) is 1. The maximum Gasteiger partial charge on any atom is 0.162 e. The van der Waals surface area contributed by atoms with Gasteiger partial charge in [0, 0.05) is 60.9 Å². The molecule has 0 amide bonds. The van der Waals surface area contributed by atoms with Crippen molar-refractivity contribution in [2.24, 2.45) is 0 Å². The van der Waals surface area contributed by atoms with Gasteiger partial charge in [0.1, 0.15) is 5.82 Å². The van der Waals surface area contributed by atoms with Gasteiger partial charge in [-0.2, -0.15) is 5.10 Å². The van der Waals surface area contributed by atoms with Crippen LogP contribution in [0.25, 0.3) is 22.3 Å². The molecule has 4 aliphatic rings. The molecule has 2 aromatic carbocycles. The molecular weight excluding hydrogens is 484 g/mol. The minimum Gasteiger partial charge on any atom is -0.381 e. The standard InChI is InChI=1S/C32H38N6O/c1-18(2)21-8-6-19(3)29(12-21)37-11-10-27-26(17-37)32(38-22-13-23(38)15-24(14-22)39-5)35-31(34-27)30-20(4)7-9-28-25(30)16-33-36-28/h6-9,12,16,18,22-24H,10-11,13-15,17H2,1-5H3,(H,33,36)/t22-,23+,24+. The second-order valence-electron chi connectivity index (χ2n) is 12.0. The van der Waals surface area contributed by atoms with Crippen LogP contribution in [0.3, 0.4) is 0 Å². The first kappa shape index (κ1) is 24.6. The Kier molecular flexibility index (Phi) is 5.88. The number of hydrogen-bond donors (Lipinski definition) is 1. The normalized spacial score (nSPS) is 22.4. The van der Waals surface area contributed by atoms with E-state index in [1.165, 1.54) is 40.1 Å². The van der Waals surface area contributed by atoms with E-state index in [0.29, 0.717) is 24.1 Å². The second kappa shape index (κ2) is 9.33. The topological polar surface area (TPSA) is 70.2 Å². The number of nitrogens with zero attached hydrogens (tertiary/aromatic N) is 5. The van der Waals surface area contributed by atoms with E-state index in [1.54, 1.807) is 0 Å². The lowest BCUT2D eigenvalue weighted by molar-refractivity contribution is 0.0241. The molecule has 7 heteroatoms. The van der Waals surface area contributed by atoms with Crippen LogP contribution in [-0.2, 0) is 17.7 Å². The molecule has 1 aliphatic carbocycles. The van der Waals surface area contributed by atoms with Crippen molar-refractivity contribution in [2.75, 3.05) is 23.5 Å². The summed E-state index contributed by atoms with van der Waals surface area (Å²) in [5, 5.41) is 8.54. The van der Waals surface area contributed by atoms with E-state index in [2.05, 4.69) is 78.0 Å². The first-order valence-corrected chi connectivity index (χ1v) is 14.4. The predicted molar refractivity (Wildman–Crippen MR) is 157 cm³/mol. The molecule has 202 valence electrons. The largest absolute Gasteiger partial charge is 0.381 e. The molecular formula is C32H38N6O. The van der Waals surface area contributed by atoms with Gasteiger partial charge in [-0.25, -0.2) is 9.97 Å². The lowest BCUT2D eigenvalue weighted by atomic mass is 9.77. The summed E-state index contributed by atoms with van der Waals surface area (Å²) < 4.78 is 5.78. The fourth-order valence-electron chi connectivity index (χ4n) is 7.04. The SMILES string of the molecule is CO[C@@H]1C[C@@H]2C[C@H](C1)N2c1nc(-c2c(C)ccc3[nH]ncc23)nc2c1CN(c1cc(C(C)C)ccc1C)CC2. The predicted octanol–water partition coefficient (Wildman–Crippen LogP) is 6.08. The Morgan fingerprint density at radius 1 is 1.00 bits per heavy atom. The van der Waals surface area contributed by atoms with Crippen LogP contribution in [0.5, 0.6) is 0 Å². The van der Waals surface area contributed by atoms with Crippen molar-refractivity contribution >= 4 is 22.4 Å². The quantitative estimate of drug-likeness (QED) is 0.343. The third-order valence-corrected chi connectivity index (χ3v) is 9.31. The van der Waals surface area contributed by atoms with Crippen LogP contribution in [0, 0.1) is 13.8 Å². The van der Waals surface area contributed by atoms with E-state index in [0.717, 1.165) is 60.5 Å². The van der Waals surface area contributed by atoms with Crippen molar-refractivity contribution < 1.29 is 4.74 Å². The molecule has 3 aliphatic heterocycles. The lowest BCUT2D eigenvalue weighted by Crippen LogP contribution is -2.63. The highest BCUT2D eigenvalue weighted by Gasteiger charge is 2.47. The van der Waals surface area contributed by atoms with Gasteiger partial charge in [-0.05, 0) is 67.9 Å². The summed E-state index contributed by atoms with van der Waals surface area (Å²) in [4.78, 5) is 15.8. The minimum atomic E-state index is 0.349. The molecule has 0 radical (unpaired) electrons. The van der Waals surface area contributed by atoms with Gasteiger partial charge in [0.2, 0.25) is 0 Å². The van der Waals surface area contributed by atoms with Crippen LogP contribution >= 0.6 is 0 Å². The number of H-pyrrole nitrogens is 1. The van der Waals surface area contributed by atoms with Crippen LogP contribution in [-0.4, -0.2) is 52.0 Å². The van der Waals surface area contributed by atoms with Gasteiger partial charge in [0.25, 0.3) is 0 Å². The summed E-state index contributed by atoms with van der Waals surface area (Å²) >= 11 is 0. The molecule has 8 rings (SSSR count). The summed E-state index contributed by atoms with van der Waals surface area (Å²) in [6.07, 6.45) is 6.53. The number of rotatable bonds is 5. The monoisotopic (exact) mass is 522 g/mol. The molecule has 0 spiro atoms. The summed E-state index contributed by atoms with van der Waals surface area (Å²) in [6.45, 7) is 10.7. The molecule has 1 saturated carbocycles. The number of fused-ring (bicyclic) bond motifs is 4. The third-order valence-electron chi connectivity index (χ3n) is 9.31. The molecule has 4 aromatic rings. The Morgan fingerprint density at radius 3 is 2.56 bits per heavy atom. The Bertz CT molecular complexity index is 1550. The van der Waals surface area contributed by atoms with E-state index in [1.807, 2.05) is 13.3 Å². The van der Waals surface area contributed by atoms with Crippen molar-refractivity contribution in [2.45, 2.75) is 84.0 Å². The lowest BCUT2D eigenvalue weighted by Gasteiger charge is -2.56. The fourth-order valence-corrected chi connectivity index (χ4v) is 7.04. The second-order valence-corrected chi connectivity index (χ2v) is 12.0. The molecule has 7 nitrogen and oxygen atoms in total. The average molecular weight is 523 g/mol. The Morgan fingerprint density at radius 2 is 1.79 bits per heavy atom. The van der Waals surface area contributed by atoms with Crippen molar-refractivity contribution in [3.63, 3.8) is 0 Å². The number of nitrogens with one attached hydrogen (secondary N) is 1. The van der Waals surface area contributed by atoms with E-state index >= 15 is 0 Å². The average Bonchev–Trinajstić information content (AvgIpc) is 3.41. The summed E-state index contributed by atoms with van der Waals surface area (Å²) in [5.74, 6) is 2.46. The number of hydrogen-bond acceptors (Lipinski definition) is 6. The smallest absolute Gasteiger partial charge is 0.162 e. The van der Waals surface area contributed by atoms with E-state index in [4.69, 9.17) is 14.7 Å². The van der Waals surface area contributed by atoms with Gasteiger partial charge in [-0.1, -0.05) is 32.0 Å². The van der Waals surface area contributed by atoms with Crippen LogP contribution in [0.15, 0.2) is 36.5 Å². The van der Waals surface area contributed by atoms with Gasteiger partial charge < -0.3 is 14.5 Å². The zero-order chi connectivity index (χ0) is 26.8. The number of aromatic amines is 1. The molecule has 1 N–H and O–H groups in total. The number of aryl methyl sites for hydroxylation is 2. The first-order valence-electron chi connectivity index (χ1n) is 14.4. The molecule has 0 unspecified atom stereocenters. The van der Waals surface area contributed by atoms with Gasteiger partial charge in [-0.15, -0.1) is 0 Å². The number of anilines is 2. The Labute approximate surface area is 230 Å². The summed E-state index contributed by atoms with van der Waals surface area (Å²) in [7, 11) is 1.85. The van der Waals surface area contributed by atoms with Gasteiger partial charge in [-0.3, -0.25) is 5.10 Å². The van der Waals surface area contributed by atoms with Crippen LogP contribution < -0.4 is 9.80 Å². The molecule has 2 aromatic heterocycles. The maximum atomic E-state index is 5.78. The number of methoxy groups -OCH3 is 1. The van der Waals surface area contributed by atoms with Crippen LogP contribution in [0.4, 0.5) is 11.5 Å². The number of piperidine rings is 1. The first-order chi connectivity index (χ1) is 18.9. The maximum absolute atomic E-state index is 5.78. The van der Waals surface area contributed by atoms with Crippen LogP contribution in [0.2, 0.25) is 0 Å². The summed E-state index contributed by atoms with van der Waals surface area (Å²) in [5.41, 5.74) is 9.83. The van der Waals surface area contributed by atoms with Gasteiger partial charge >= 0.3 is 0 Å². The van der Waals surface area contributed by atoms with Crippen LogP contribution in [0.1, 0.15) is 67.0 Å². The van der Waals surface area contributed by atoms with E-state index in [9.17, 15) is 0 Å². The van der Waals surface area contributed by atoms with Crippen molar-refractivity contribution in [1.29, 1.82) is 0 Å². The third kappa shape index (κ3) is 4.01. The van der Waals surface area contributed by atoms with Gasteiger partial charge in [0.15, 0.2) is 5.82 Å². The highest BCUT2D eigenvalue weighted by Crippen LogP contribution is 2.45. The molecule has 2 bridgehead atoms. The van der Waals surface area contributed by atoms with Gasteiger partial charge in [0.05, 0.1) is 23.5 Å². The van der Waals surface area contributed by atoms with Crippen molar-refractivity contribution in [3.05, 3.63) is 64.5 Å². The zero-order valence-corrected chi connectivity index (χ0v) is 23.7. The highest BCUT2D eigenvalue weighted by molar-refractivity contribution is 5.94. The van der Waals surface area contributed by atoms with Crippen molar-refractivity contribution in [3.8, 4) is 11.4 Å². The summed E-state index contributed by atoms with van der Waals surface area (Å²) in [6, 6.07) is 12.1. The Balaban J connectivity index is 1.35. The molecule has 3 atom stereocenters. The molecule has 5 heterocycles. The highest BCUT2D eigenvalue weighted by atomic mass is 16.5. The number of benzene rings is 2. The molecule has 2 saturated heterocycles. The zero-order valence-electron chi connectivity index (χ0n) is 23.7. The number of aromatic nitrogens is 4.